The van der Waals surface area contributed by atoms with Gasteiger partial charge in [0.05, 0.1) is 23.9 Å². The van der Waals surface area contributed by atoms with Crippen molar-refractivity contribution < 1.29 is 26.7 Å². The first-order chi connectivity index (χ1) is 17.8. The first-order valence-electron chi connectivity index (χ1n) is 11.0. The van der Waals surface area contributed by atoms with Crippen molar-refractivity contribution in [3.8, 4) is 23.0 Å². The molecule has 0 saturated carbocycles. The van der Waals surface area contributed by atoms with E-state index in [-0.39, 0.29) is 47.4 Å². The van der Waals surface area contributed by atoms with Crippen LogP contribution in [-0.4, -0.2) is 57.6 Å². The molecular formula is C23H19ClF2N6O4S. The molecule has 1 aromatic carbocycles. The van der Waals surface area contributed by atoms with E-state index < -0.39 is 33.3 Å². The number of aromatic nitrogens is 6. The highest BCUT2D eigenvalue weighted by Crippen LogP contribution is 2.41. The molecule has 0 saturated heterocycles. The summed E-state index contributed by atoms with van der Waals surface area (Å²) < 4.78 is 67.5. The number of hydrogen-bond donors (Lipinski definition) is 0. The van der Waals surface area contributed by atoms with Crippen LogP contribution in [0.5, 0.6) is 11.5 Å². The molecule has 4 heterocycles. The van der Waals surface area contributed by atoms with Crippen LogP contribution < -0.4 is 9.47 Å². The van der Waals surface area contributed by atoms with E-state index in [0.717, 1.165) is 12.1 Å². The molecule has 0 unspecified atom stereocenters. The SMILES string of the molecule is COc1ccnc2c1OC[C@H](c1ccc(F)cc1F)n1c(CS(=O)(=O)CCc3ncc(Cl)cn3)nnc1-2. The Hall–Kier alpha value is -3.71. The maximum Gasteiger partial charge on any atom is 0.190 e. The quantitative estimate of drug-likeness (QED) is 0.342. The molecule has 14 heteroatoms. The third-order valence-electron chi connectivity index (χ3n) is 5.74. The lowest BCUT2D eigenvalue weighted by Gasteiger charge is -2.20. The summed E-state index contributed by atoms with van der Waals surface area (Å²) >= 11 is 5.78. The van der Waals surface area contributed by atoms with Crippen molar-refractivity contribution in [2.45, 2.75) is 18.2 Å². The first kappa shape index (κ1) is 25.0. The molecule has 0 radical (unpaired) electrons. The van der Waals surface area contributed by atoms with E-state index in [2.05, 4.69) is 25.1 Å². The topological polar surface area (TPSA) is 122 Å². The molecule has 4 aromatic rings. The van der Waals surface area contributed by atoms with Crippen LogP contribution in [0.4, 0.5) is 8.78 Å². The van der Waals surface area contributed by atoms with E-state index in [1.165, 1.54) is 36.3 Å². The number of sulfone groups is 1. The summed E-state index contributed by atoms with van der Waals surface area (Å²) in [6, 6.07) is 3.80. The number of methoxy groups -OCH3 is 1. The molecule has 0 aliphatic carbocycles. The highest BCUT2D eigenvalue weighted by atomic mass is 35.5. The molecular weight excluding hydrogens is 530 g/mol. The minimum absolute atomic E-state index is 0.0434. The summed E-state index contributed by atoms with van der Waals surface area (Å²) in [5, 5.41) is 8.64. The van der Waals surface area contributed by atoms with Crippen LogP contribution in [0.15, 0.2) is 42.9 Å². The van der Waals surface area contributed by atoms with Crippen molar-refractivity contribution in [1.82, 2.24) is 29.7 Å². The Morgan fingerprint density at radius 1 is 1.16 bits per heavy atom. The van der Waals surface area contributed by atoms with Gasteiger partial charge in [0.15, 0.2) is 32.9 Å². The second-order valence-electron chi connectivity index (χ2n) is 8.15. The third-order valence-corrected chi connectivity index (χ3v) is 7.46. The molecule has 0 amide bonds. The van der Waals surface area contributed by atoms with Gasteiger partial charge in [0, 0.05) is 42.7 Å². The predicted octanol–water partition coefficient (Wildman–Crippen LogP) is 3.21. The van der Waals surface area contributed by atoms with Gasteiger partial charge in [0.2, 0.25) is 0 Å². The summed E-state index contributed by atoms with van der Waals surface area (Å²) in [7, 11) is -2.29. The van der Waals surface area contributed by atoms with E-state index in [1.807, 2.05) is 0 Å². The standard InChI is InChI=1S/C23H19ClF2N6O4S/c1-35-18-4-6-27-21-22(18)36-11-17(15-3-2-14(25)8-16(15)26)32-20(30-31-23(21)32)12-37(33,34)7-5-19-28-9-13(24)10-29-19/h2-4,6,8-10,17H,5,7,11-12H2,1H3/t17-/m1/s1. The molecule has 1 aliphatic heterocycles. The minimum atomic E-state index is -3.75. The van der Waals surface area contributed by atoms with Crippen LogP contribution in [-0.2, 0) is 22.0 Å². The van der Waals surface area contributed by atoms with Gasteiger partial charge < -0.3 is 9.47 Å². The van der Waals surface area contributed by atoms with Gasteiger partial charge in [0.25, 0.3) is 0 Å². The fourth-order valence-corrected chi connectivity index (χ4v) is 5.35. The van der Waals surface area contributed by atoms with Crippen LogP contribution in [0.1, 0.15) is 23.3 Å². The average Bonchev–Trinajstić information content (AvgIpc) is 3.18. The number of halogens is 3. The Morgan fingerprint density at radius 3 is 2.68 bits per heavy atom. The molecule has 0 bridgehead atoms. The molecule has 1 aliphatic rings. The molecule has 37 heavy (non-hydrogen) atoms. The number of pyridine rings is 1. The van der Waals surface area contributed by atoms with Gasteiger partial charge in [-0.05, 0) is 6.07 Å². The van der Waals surface area contributed by atoms with Crippen LogP contribution in [0, 0.1) is 11.6 Å². The lowest BCUT2D eigenvalue weighted by molar-refractivity contribution is 0.261. The average molecular weight is 549 g/mol. The molecule has 10 nitrogen and oxygen atoms in total. The monoisotopic (exact) mass is 548 g/mol. The first-order valence-corrected chi connectivity index (χ1v) is 13.2. The minimum Gasteiger partial charge on any atom is -0.493 e. The molecule has 0 spiro atoms. The van der Waals surface area contributed by atoms with Crippen molar-refractivity contribution in [3.05, 3.63) is 76.7 Å². The van der Waals surface area contributed by atoms with Crippen molar-refractivity contribution in [2.24, 2.45) is 0 Å². The highest BCUT2D eigenvalue weighted by molar-refractivity contribution is 7.90. The van der Waals surface area contributed by atoms with Crippen molar-refractivity contribution in [2.75, 3.05) is 19.5 Å². The Balaban J connectivity index is 1.55. The number of benzene rings is 1. The fourth-order valence-electron chi connectivity index (χ4n) is 4.02. The van der Waals surface area contributed by atoms with Gasteiger partial charge in [-0.3, -0.25) is 4.57 Å². The van der Waals surface area contributed by atoms with Crippen LogP contribution >= 0.6 is 11.6 Å². The maximum absolute atomic E-state index is 14.9. The van der Waals surface area contributed by atoms with Crippen molar-refractivity contribution in [1.29, 1.82) is 0 Å². The number of ether oxygens (including phenoxy) is 2. The summed E-state index contributed by atoms with van der Waals surface area (Å²) in [6.07, 6.45) is 4.30. The van der Waals surface area contributed by atoms with Gasteiger partial charge in [-0.25, -0.2) is 32.2 Å². The zero-order valence-corrected chi connectivity index (χ0v) is 20.9. The second-order valence-corrected chi connectivity index (χ2v) is 10.8. The van der Waals surface area contributed by atoms with Gasteiger partial charge in [-0.1, -0.05) is 17.7 Å². The summed E-state index contributed by atoms with van der Waals surface area (Å²) in [4.78, 5) is 12.4. The Morgan fingerprint density at radius 2 is 1.95 bits per heavy atom. The zero-order chi connectivity index (χ0) is 26.2. The summed E-state index contributed by atoms with van der Waals surface area (Å²) in [5.41, 5.74) is 0.317. The van der Waals surface area contributed by atoms with E-state index in [0.29, 0.717) is 16.6 Å². The summed E-state index contributed by atoms with van der Waals surface area (Å²) in [6.45, 7) is -0.145. The third kappa shape index (κ3) is 5.09. The van der Waals surface area contributed by atoms with Crippen LogP contribution in [0.2, 0.25) is 5.02 Å². The number of nitrogens with zero attached hydrogens (tertiary/aromatic N) is 6. The van der Waals surface area contributed by atoms with Crippen molar-refractivity contribution >= 4 is 21.4 Å². The maximum atomic E-state index is 14.9. The number of fused-ring (bicyclic) bond motifs is 3. The molecule has 3 aromatic heterocycles. The van der Waals surface area contributed by atoms with E-state index in [4.69, 9.17) is 21.1 Å². The van der Waals surface area contributed by atoms with Crippen LogP contribution in [0.3, 0.4) is 0 Å². The lowest BCUT2D eigenvalue weighted by atomic mass is 10.1. The van der Waals surface area contributed by atoms with Gasteiger partial charge >= 0.3 is 0 Å². The Kier molecular flexibility index (Phi) is 6.73. The molecule has 0 N–H and O–H groups in total. The van der Waals surface area contributed by atoms with E-state index in [1.54, 1.807) is 6.07 Å². The van der Waals surface area contributed by atoms with Gasteiger partial charge in [-0.15, -0.1) is 10.2 Å². The Labute approximate surface area is 215 Å². The van der Waals surface area contributed by atoms with Crippen LogP contribution in [0.25, 0.3) is 11.5 Å². The van der Waals surface area contributed by atoms with E-state index >= 15 is 0 Å². The molecule has 0 fully saturated rings. The fraction of sp³-hybridized carbons (Fsp3) is 0.261. The Bertz CT molecular complexity index is 1570. The largest absolute Gasteiger partial charge is 0.493 e. The van der Waals surface area contributed by atoms with Gasteiger partial charge in [-0.2, -0.15) is 0 Å². The molecule has 5 rings (SSSR count). The summed E-state index contributed by atoms with van der Waals surface area (Å²) in [5.74, 6) is -1.23. The molecule has 1 atom stereocenters. The number of rotatable bonds is 7. The second kappa shape index (κ2) is 9.98. The van der Waals surface area contributed by atoms with Crippen molar-refractivity contribution in [3.63, 3.8) is 0 Å². The van der Waals surface area contributed by atoms with E-state index in [9.17, 15) is 17.2 Å². The predicted molar refractivity (Wildman–Crippen MR) is 128 cm³/mol. The number of aryl methyl sites for hydroxylation is 1. The highest BCUT2D eigenvalue weighted by Gasteiger charge is 2.34. The normalized spacial score (nSPS) is 14.9. The smallest absolute Gasteiger partial charge is 0.190 e. The number of hydrogen-bond acceptors (Lipinski definition) is 9. The molecule has 192 valence electrons. The van der Waals surface area contributed by atoms with Gasteiger partial charge in [0.1, 0.15) is 35.6 Å². The lowest BCUT2D eigenvalue weighted by Crippen LogP contribution is -2.23. The zero-order valence-electron chi connectivity index (χ0n) is 19.3.